The second-order valence-corrected chi connectivity index (χ2v) is 8.93. The molecule has 0 fully saturated rings. The molecule has 1 aromatic heterocycles. The third-order valence-corrected chi connectivity index (χ3v) is 6.04. The van der Waals surface area contributed by atoms with Crippen LogP contribution in [0.15, 0.2) is 41.3 Å². The largest absolute Gasteiger partial charge is 0.475 e. The molecule has 1 heterocycles. The van der Waals surface area contributed by atoms with E-state index < -0.39 is 38.3 Å². The number of amides is 1. The van der Waals surface area contributed by atoms with Gasteiger partial charge in [0.15, 0.2) is 5.82 Å². The number of benzene rings is 2. The summed E-state index contributed by atoms with van der Waals surface area (Å²) in [6.07, 6.45) is 0.242. The van der Waals surface area contributed by atoms with Crippen molar-refractivity contribution in [2.24, 2.45) is 0 Å². The molecule has 0 aliphatic carbocycles. The monoisotopic (exact) mass is 478 g/mol. The Morgan fingerprint density at radius 2 is 1.97 bits per heavy atom. The van der Waals surface area contributed by atoms with E-state index in [1.165, 1.54) is 6.07 Å². The molecule has 3 rings (SSSR count). The predicted molar refractivity (Wildman–Crippen MR) is 111 cm³/mol. The van der Waals surface area contributed by atoms with Gasteiger partial charge in [0.2, 0.25) is 12.5 Å². The number of hydrogen-bond acceptors (Lipinski definition) is 7. The molecule has 13 heteroatoms. The van der Waals surface area contributed by atoms with Gasteiger partial charge in [-0.05, 0) is 43.2 Å². The first-order valence-electron chi connectivity index (χ1n) is 9.59. The molecule has 11 nitrogen and oxygen atoms in total. The first-order chi connectivity index (χ1) is 15.5. The van der Waals surface area contributed by atoms with Gasteiger partial charge in [-0.2, -0.15) is 4.84 Å². The zero-order valence-corrected chi connectivity index (χ0v) is 18.8. The van der Waals surface area contributed by atoms with Crippen LogP contribution in [-0.2, 0) is 32.7 Å². The predicted octanol–water partition coefficient (Wildman–Crippen LogP) is 2.04. The highest BCUT2D eigenvalue weighted by Gasteiger charge is 2.22. The third-order valence-electron chi connectivity index (χ3n) is 4.61. The van der Waals surface area contributed by atoms with Crippen LogP contribution in [0.2, 0.25) is 0 Å². The van der Waals surface area contributed by atoms with E-state index in [-0.39, 0.29) is 23.8 Å². The Morgan fingerprint density at radius 3 is 2.61 bits per heavy atom. The summed E-state index contributed by atoms with van der Waals surface area (Å²) in [5.41, 5.74) is 2.75. The summed E-state index contributed by atoms with van der Waals surface area (Å²) in [5, 5.41) is 12.1. The highest BCUT2D eigenvalue weighted by Crippen LogP contribution is 2.22. The first-order valence-corrected chi connectivity index (χ1v) is 11.1. The molecule has 1 amide bonds. The number of sulfonamides is 1. The van der Waals surface area contributed by atoms with E-state index in [2.05, 4.69) is 14.9 Å². The standard InChI is InChI=1S/C20H20FN5O6S/c1-12-4-5-13(2)15(8-12)9-20-22-19(11-32-26(28)29)23-25(20)18-7-6-16(10-17(18)21)33(30,31)24-14(3)27/h4-8,10H,9,11H2,1-3H3,(H-,24,27,28,29)/p+1. The van der Waals surface area contributed by atoms with Crippen LogP contribution >= 0.6 is 0 Å². The third kappa shape index (κ3) is 5.68. The molecule has 0 saturated heterocycles. The van der Waals surface area contributed by atoms with E-state index >= 15 is 0 Å². The molecule has 0 spiro atoms. The van der Waals surface area contributed by atoms with Gasteiger partial charge < -0.3 is 0 Å². The van der Waals surface area contributed by atoms with Crippen molar-refractivity contribution in [3.63, 3.8) is 0 Å². The number of nitrogens with zero attached hydrogens (tertiary/aromatic N) is 4. The fourth-order valence-corrected chi connectivity index (χ4v) is 4.11. The summed E-state index contributed by atoms with van der Waals surface area (Å²) in [6.45, 7) is 4.37. The topological polar surface area (TPSA) is 143 Å². The molecule has 0 bridgehead atoms. The number of hydrogen-bond donors (Lipinski definition) is 2. The van der Waals surface area contributed by atoms with Gasteiger partial charge in [0, 0.05) is 13.3 Å². The maximum absolute atomic E-state index is 15.0. The zero-order valence-electron chi connectivity index (χ0n) is 17.9. The lowest BCUT2D eigenvalue weighted by atomic mass is 10.0. The Morgan fingerprint density at radius 1 is 1.24 bits per heavy atom. The molecule has 2 aromatic carbocycles. The maximum atomic E-state index is 15.0. The minimum atomic E-state index is -4.24. The highest BCUT2D eigenvalue weighted by molar-refractivity contribution is 7.90. The van der Waals surface area contributed by atoms with Gasteiger partial charge in [-0.3, -0.25) is 4.79 Å². The average molecular weight is 478 g/mol. The number of carbonyl (C=O) groups excluding carboxylic acids is 1. The molecular weight excluding hydrogens is 457 g/mol. The summed E-state index contributed by atoms with van der Waals surface area (Å²) in [7, 11) is -4.24. The zero-order chi connectivity index (χ0) is 24.3. The van der Waals surface area contributed by atoms with Gasteiger partial charge in [-0.1, -0.05) is 23.8 Å². The Kier molecular flexibility index (Phi) is 6.72. The number of carbonyl (C=O) groups is 1. The molecule has 0 radical (unpaired) electrons. The highest BCUT2D eigenvalue weighted by atomic mass is 32.2. The molecule has 0 aliphatic rings. The summed E-state index contributed by atoms with van der Waals surface area (Å²) < 4.78 is 42.3. The van der Waals surface area contributed by atoms with Crippen LogP contribution in [0.1, 0.15) is 35.3 Å². The number of rotatable bonds is 8. The van der Waals surface area contributed by atoms with Gasteiger partial charge in [0.25, 0.3) is 10.0 Å². The van der Waals surface area contributed by atoms with Gasteiger partial charge in [-0.25, -0.2) is 32.4 Å². The lowest BCUT2D eigenvalue weighted by Gasteiger charge is -2.11. The summed E-state index contributed by atoms with van der Waals surface area (Å²) in [6, 6.07) is 8.88. The van der Waals surface area contributed by atoms with Crippen LogP contribution in [0.25, 0.3) is 5.69 Å². The molecule has 2 N–H and O–H groups in total. The van der Waals surface area contributed by atoms with E-state index in [4.69, 9.17) is 5.21 Å². The van der Waals surface area contributed by atoms with Crippen LogP contribution in [-0.4, -0.2) is 39.4 Å². The van der Waals surface area contributed by atoms with Gasteiger partial charge in [-0.15, -0.1) is 5.10 Å². The van der Waals surface area contributed by atoms with E-state index in [1.807, 2.05) is 32.0 Å². The van der Waals surface area contributed by atoms with Crippen molar-refractivity contribution in [3.8, 4) is 5.69 Å². The normalized spacial score (nSPS) is 11.3. The van der Waals surface area contributed by atoms with Crippen LogP contribution in [0, 0.1) is 24.6 Å². The van der Waals surface area contributed by atoms with Crippen molar-refractivity contribution < 1.29 is 32.7 Å². The lowest BCUT2D eigenvalue weighted by Crippen LogP contribution is -2.28. The van der Waals surface area contributed by atoms with Crippen LogP contribution in [0.4, 0.5) is 4.39 Å². The van der Waals surface area contributed by atoms with Crippen molar-refractivity contribution in [2.45, 2.75) is 38.7 Å². The van der Waals surface area contributed by atoms with Gasteiger partial charge >= 0.3 is 5.09 Å². The molecule has 174 valence electrons. The minimum Gasteiger partial charge on any atom is -0.274 e. The molecule has 0 unspecified atom stereocenters. The summed E-state index contributed by atoms with van der Waals surface area (Å²) in [4.78, 5) is 30.1. The fourth-order valence-electron chi connectivity index (χ4n) is 3.11. The smallest absolute Gasteiger partial charge is 0.274 e. The quantitative estimate of drug-likeness (QED) is 0.468. The Labute approximate surface area is 188 Å². The van der Waals surface area contributed by atoms with Crippen LogP contribution in [0.5, 0.6) is 0 Å². The molecule has 33 heavy (non-hydrogen) atoms. The minimum absolute atomic E-state index is 0.0143. The summed E-state index contributed by atoms with van der Waals surface area (Å²) >= 11 is 0. The first kappa shape index (κ1) is 23.8. The number of nitrogens with one attached hydrogen (secondary N) is 1. The second-order valence-electron chi connectivity index (χ2n) is 7.25. The number of halogens is 1. The van der Waals surface area contributed by atoms with E-state index in [9.17, 15) is 22.5 Å². The van der Waals surface area contributed by atoms with Crippen molar-refractivity contribution >= 4 is 15.9 Å². The van der Waals surface area contributed by atoms with Crippen molar-refractivity contribution in [3.05, 3.63) is 75.5 Å². The van der Waals surface area contributed by atoms with Crippen LogP contribution in [0.3, 0.4) is 0 Å². The molecule has 0 aliphatic heterocycles. The molecular formula is C20H21FN5O6S+. The molecule has 0 saturated carbocycles. The molecule has 0 atom stereocenters. The Hall–Kier alpha value is -3.87. The average Bonchev–Trinajstić information content (AvgIpc) is 3.10. The maximum Gasteiger partial charge on any atom is 0.475 e. The van der Waals surface area contributed by atoms with Gasteiger partial charge in [0.05, 0.1) is 4.90 Å². The van der Waals surface area contributed by atoms with E-state index in [0.29, 0.717) is 0 Å². The Balaban J connectivity index is 2.06. The van der Waals surface area contributed by atoms with Gasteiger partial charge in [0.1, 0.15) is 22.2 Å². The number of aromatic nitrogens is 3. The fraction of sp³-hybridized carbons (Fsp3) is 0.250. The van der Waals surface area contributed by atoms with E-state index in [1.54, 1.807) is 4.72 Å². The Bertz CT molecular complexity index is 1340. The van der Waals surface area contributed by atoms with Crippen molar-refractivity contribution in [1.82, 2.24) is 19.5 Å². The van der Waals surface area contributed by atoms with E-state index in [0.717, 1.165) is 40.4 Å². The van der Waals surface area contributed by atoms with Crippen molar-refractivity contribution in [2.75, 3.05) is 0 Å². The number of aryl methyl sites for hydroxylation is 2. The summed E-state index contributed by atoms with van der Waals surface area (Å²) in [5.74, 6) is -1.48. The second kappa shape index (κ2) is 9.32. The van der Waals surface area contributed by atoms with Crippen LogP contribution < -0.4 is 4.72 Å². The lowest BCUT2D eigenvalue weighted by molar-refractivity contribution is -0.979. The molecule has 3 aromatic rings. The van der Waals surface area contributed by atoms with Crippen molar-refractivity contribution in [1.29, 1.82) is 0 Å². The SMILES string of the molecule is CC(=O)NS(=O)(=O)c1ccc(-n2nc(CO[N+](=O)O)nc2Cc2cc(C)ccc2C)c(F)c1.